The van der Waals surface area contributed by atoms with Crippen molar-refractivity contribution < 1.29 is 4.42 Å². The first-order valence-corrected chi connectivity index (χ1v) is 15.4. The fourth-order valence-corrected chi connectivity index (χ4v) is 6.56. The molecule has 9 aromatic rings. The minimum absolute atomic E-state index is 0.313. The third kappa shape index (κ3) is 4.16. The molecule has 7 heteroatoms. The predicted molar refractivity (Wildman–Crippen MR) is 187 cm³/mol. The van der Waals surface area contributed by atoms with Crippen molar-refractivity contribution in [1.82, 2.24) is 19.5 Å². The van der Waals surface area contributed by atoms with Gasteiger partial charge in [-0.15, -0.1) is 0 Å². The molecule has 3 heterocycles. The van der Waals surface area contributed by atoms with E-state index in [-0.39, 0.29) is 0 Å². The Morgan fingerprint density at radius 1 is 0.521 bits per heavy atom. The summed E-state index contributed by atoms with van der Waals surface area (Å²) in [5.74, 6) is 1.26. The molecule has 0 aliphatic heterocycles. The summed E-state index contributed by atoms with van der Waals surface area (Å²) in [5.41, 5.74) is 6.74. The molecule has 222 valence electrons. The molecule has 0 fully saturated rings. The number of rotatable bonds is 4. The van der Waals surface area contributed by atoms with E-state index in [1.165, 1.54) is 0 Å². The molecule has 0 spiro atoms. The summed E-state index contributed by atoms with van der Waals surface area (Å²) in [6.07, 6.45) is 0. The molecule has 6 aromatic carbocycles. The van der Waals surface area contributed by atoms with Crippen LogP contribution < -0.4 is 0 Å². The highest BCUT2D eigenvalue weighted by Gasteiger charge is 2.23. The van der Waals surface area contributed by atoms with Gasteiger partial charge >= 0.3 is 0 Å². The lowest BCUT2D eigenvalue weighted by atomic mass is 10.0. The van der Waals surface area contributed by atoms with E-state index < -0.39 is 0 Å². The highest BCUT2D eigenvalue weighted by atomic mass is 16.3. The quantitative estimate of drug-likeness (QED) is 0.195. The van der Waals surface area contributed by atoms with Gasteiger partial charge in [-0.05, 0) is 36.4 Å². The van der Waals surface area contributed by atoms with E-state index in [1.807, 2.05) is 102 Å². The van der Waals surface area contributed by atoms with Crippen molar-refractivity contribution in [1.29, 1.82) is 10.5 Å². The summed E-state index contributed by atoms with van der Waals surface area (Å²) >= 11 is 0. The summed E-state index contributed by atoms with van der Waals surface area (Å²) < 4.78 is 8.48. The number of hydrogen-bond donors (Lipinski definition) is 0. The Kier molecular flexibility index (Phi) is 6.11. The number of nitrogens with zero attached hydrogens (tertiary/aromatic N) is 6. The van der Waals surface area contributed by atoms with E-state index in [0.717, 1.165) is 54.9 Å². The monoisotopic (exact) mass is 614 g/mol. The Bertz CT molecular complexity index is 2740. The van der Waals surface area contributed by atoms with Gasteiger partial charge < -0.3 is 8.98 Å². The van der Waals surface area contributed by atoms with Crippen molar-refractivity contribution >= 4 is 43.7 Å². The summed E-state index contributed by atoms with van der Waals surface area (Å²) in [5, 5.41) is 25.2. The van der Waals surface area contributed by atoms with E-state index in [1.54, 1.807) is 12.1 Å². The summed E-state index contributed by atoms with van der Waals surface area (Å²) in [7, 11) is 0. The van der Waals surface area contributed by atoms with Gasteiger partial charge in [-0.2, -0.15) is 10.5 Å². The molecule has 0 unspecified atom stereocenters. The Labute approximate surface area is 274 Å². The molecule has 0 N–H and O–H groups in total. The lowest BCUT2D eigenvalue weighted by Crippen LogP contribution is -2.04. The Morgan fingerprint density at radius 2 is 1.12 bits per heavy atom. The second-order valence-corrected chi connectivity index (χ2v) is 11.5. The van der Waals surface area contributed by atoms with Gasteiger partial charge in [0.05, 0.1) is 39.3 Å². The molecule has 0 aliphatic rings. The van der Waals surface area contributed by atoms with Gasteiger partial charge in [0.15, 0.2) is 17.5 Å². The Balaban J connectivity index is 1.31. The number of para-hydroxylation sites is 2. The van der Waals surface area contributed by atoms with Crippen LogP contribution in [0.4, 0.5) is 0 Å². The minimum atomic E-state index is 0.313. The highest BCUT2D eigenvalue weighted by molar-refractivity contribution is 6.23. The van der Waals surface area contributed by atoms with Crippen molar-refractivity contribution in [3.05, 3.63) is 145 Å². The van der Waals surface area contributed by atoms with E-state index in [0.29, 0.717) is 39.9 Å². The van der Waals surface area contributed by atoms with Crippen LogP contribution in [-0.4, -0.2) is 19.5 Å². The number of benzene rings is 6. The van der Waals surface area contributed by atoms with Crippen molar-refractivity contribution in [2.45, 2.75) is 0 Å². The Morgan fingerprint density at radius 3 is 1.81 bits per heavy atom. The molecule has 3 aromatic heterocycles. The van der Waals surface area contributed by atoms with Crippen LogP contribution in [0.2, 0.25) is 0 Å². The molecule has 0 bridgehead atoms. The molecule has 0 saturated heterocycles. The fourth-order valence-electron chi connectivity index (χ4n) is 6.56. The minimum Gasteiger partial charge on any atom is -0.455 e. The summed E-state index contributed by atoms with van der Waals surface area (Å²) in [4.78, 5) is 14.4. The molecule has 0 radical (unpaired) electrons. The number of nitriles is 2. The normalized spacial score (nSPS) is 11.3. The van der Waals surface area contributed by atoms with Crippen LogP contribution in [0.1, 0.15) is 11.1 Å². The topological polar surface area (TPSA) is 104 Å². The second-order valence-electron chi connectivity index (χ2n) is 11.5. The number of hydrogen-bond acceptors (Lipinski definition) is 6. The predicted octanol–water partition coefficient (Wildman–Crippen LogP) is 9.61. The zero-order valence-electron chi connectivity index (χ0n) is 25.3. The van der Waals surface area contributed by atoms with Crippen molar-refractivity contribution in [3.63, 3.8) is 0 Å². The molecule has 0 amide bonds. The van der Waals surface area contributed by atoms with Crippen LogP contribution >= 0.6 is 0 Å². The van der Waals surface area contributed by atoms with Gasteiger partial charge in [0.25, 0.3) is 0 Å². The van der Waals surface area contributed by atoms with Crippen LogP contribution in [-0.2, 0) is 0 Å². The molecule has 0 aliphatic carbocycles. The van der Waals surface area contributed by atoms with E-state index >= 15 is 0 Å². The van der Waals surface area contributed by atoms with Gasteiger partial charge in [-0.3, -0.25) is 0 Å². The van der Waals surface area contributed by atoms with Gasteiger partial charge in [-0.1, -0.05) is 97.1 Å². The summed E-state index contributed by atoms with van der Waals surface area (Å²) in [6.45, 7) is 0. The van der Waals surface area contributed by atoms with Crippen LogP contribution in [0.25, 0.3) is 83.6 Å². The molecule has 0 saturated carbocycles. The largest absolute Gasteiger partial charge is 0.455 e. The van der Waals surface area contributed by atoms with Crippen molar-refractivity contribution in [2.24, 2.45) is 0 Å². The number of furan rings is 1. The maximum Gasteiger partial charge on any atom is 0.165 e. The SMILES string of the molecule is N#Cc1cc(-n2c3ccccc3c3c4oc5ccccc5c4ccc32)c(C#N)cc1-c1nc(-c2ccccc2)nc(-c2ccccc2)n1. The molecule has 9 rings (SSSR count). The van der Waals surface area contributed by atoms with Crippen LogP contribution in [0.3, 0.4) is 0 Å². The first kappa shape index (κ1) is 27.2. The fraction of sp³-hybridized carbons (Fsp3) is 0. The first-order chi connectivity index (χ1) is 23.7. The molecule has 7 nitrogen and oxygen atoms in total. The van der Waals surface area contributed by atoms with Crippen LogP contribution in [0.5, 0.6) is 0 Å². The lowest BCUT2D eigenvalue weighted by molar-refractivity contribution is 0.673. The highest BCUT2D eigenvalue weighted by Crippen LogP contribution is 2.41. The van der Waals surface area contributed by atoms with Gasteiger partial charge in [0.2, 0.25) is 0 Å². The van der Waals surface area contributed by atoms with Crippen LogP contribution in [0, 0.1) is 22.7 Å². The average Bonchev–Trinajstić information content (AvgIpc) is 3.70. The number of aromatic nitrogens is 4. The van der Waals surface area contributed by atoms with Crippen molar-refractivity contribution in [3.8, 4) is 52.0 Å². The van der Waals surface area contributed by atoms with E-state index in [4.69, 9.17) is 19.4 Å². The third-order valence-electron chi connectivity index (χ3n) is 8.74. The second kappa shape index (κ2) is 10.8. The lowest BCUT2D eigenvalue weighted by Gasteiger charge is -2.14. The third-order valence-corrected chi connectivity index (χ3v) is 8.74. The molecular formula is C41H22N6O. The maximum atomic E-state index is 10.6. The van der Waals surface area contributed by atoms with Crippen molar-refractivity contribution in [2.75, 3.05) is 0 Å². The number of fused-ring (bicyclic) bond motifs is 7. The standard InChI is InChI=1S/C41H22N6O/c42-23-27-22-35(47-33-17-9-7-16-31(33)37-34(47)20-19-30-29-15-8-10-18-36(29)48-38(30)37)28(24-43)21-32(27)41-45-39(25-11-3-1-4-12-25)44-40(46-41)26-13-5-2-6-14-26/h1-22H. The maximum absolute atomic E-state index is 10.6. The molecule has 48 heavy (non-hydrogen) atoms. The Hall–Kier alpha value is -7.09. The molecular weight excluding hydrogens is 592 g/mol. The average molecular weight is 615 g/mol. The van der Waals surface area contributed by atoms with Gasteiger partial charge in [-0.25, -0.2) is 15.0 Å². The van der Waals surface area contributed by atoms with E-state index in [2.05, 4.69) is 36.4 Å². The van der Waals surface area contributed by atoms with Crippen LogP contribution in [0.15, 0.2) is 138 Å². The first-order valence-electron chi connectivity index (χ1n) is 15.4. The molecule has 0 atom stereocenters. The zero-order valence-corrected chi connectivity index (χ0v) is 25.3. The van der Waals surface area contributed by atoms with E-state index in [9.17, 15) is 10.5 Å². The summed E-state index contributed by atoms with van der Waals surface area (Å²) in [6, 6.07) is 47.7. The van der Waals surface area contributed by atoms with Gasteiger partial charge in [0.1, 0.15) is 17.2 Å². The smallest absolute Gasteiger partial charge is 0.165 e. The zero-order chi connectivity index (χ0) is 32.2. The van der Waals surface area contributed by atoms with Gasteiger partial charge in [0, 0.05) is 32.8 Å².